The lowest BCUT2D eigenvalue weighted by Crippen LogP contribution is -2.12. The van der Waals surface area contributed by atoms with Crippen LogP contribution in [0.25, 0.3) is 0 Å². The van der Waals surface area contributed by atoms with Crippen LogP contribution in [0.4, 0.5) is 30.6 Å². The number of anilines is 3. The zero-order valence-corrected chi connectivity index (χ0v) is 13.8. The summed E-state index contributed by atoms with van der Waals surface area (Å²) in [6, 6.07) is 0.0191. The Bertz CT molecular complexity index is 700. The molecule has 2 N–H and O–H groups in total. The number of alkyl halides is 3. The molecule has 0 amide bonds. The Labute approximate surface area is 137 Å². The van der Waals surface area contributed by atoms with Gasteiger partial charge in [0.1, 0.15) is 11.4 Å². The van der Waals surface area contributed by atoms with Crippen LogP contribution in [0.3, 0.4) is 0 Å². The molecule has 1 unspecified atom stereocenters. The van der Waals surface area contributed by atoms with Crippen LogP contribution in [-0.2, 0) is 10.9 Å². The monoisotopic (exact) mass is 344 g/mol. The molecule has 0 aliphatic carbocycles. The molecule has 0 spiro atoms. The number of methoxy groups -OCH3 is 1. The Morgan fingerprint density at radius 2 is 2.08 bits per heavy atom. The molecule has 10 heteroatoms. The van der Waals surface area contributed by atoms with Gasteiger partial charge in [-0.2, -0.15) is 23.3 Å². The molecule has 2 rings (SSSR count). The summed E-state index contributed by atoms with van der Waals surface area (Å²) in [6.07, 6.45) is -2.04. The van der Waals surface area contributed by atoms with Crippen molar-refractivity contribution in [3.63, 3.8) is 0 Å². The zero-order chi connectivity index (χ0) is 17.9. The number of nitrogens with zero attached hydrogens (tertiary/aromatic N) is 4. The molecule has 24 heavy (non-hydrogen) atoms. The molecule has 0 fully saturated rings. The predicted octanol–water partition coefficient (Wildman–Crippen LogP) is 2.99. The van der Waals surface area contributed by atoms with Crippen molar-refractivity contribution < 1.29 is 17.9 Å². The third-order valence-corrected chi connectivity index (χ3v) is 3.35. The number of rotatable bonds is 6. The summed E-state index contributed by atoms with van der Waals surface area (Å²) in [6.45, 7) is 4.20. The number of hydrogen-bond donors (Lipinski definition) is 2. The second-order valence-corrected chi connectivity index (χ2v) is 5.24. The number of nitrogens with one attached hydrogen (secondary N) is 2. The molecule has 0 aromatic carbocycles. The van der Waals surface area contributed by atoms with Crippen LogP contribution in [0, 0.1) is 6.92 Å². The smallest absolute Gasteiger partial charge is 0.382 e. The molecule has 0 radical (unpaired) electrons. The van der Waals surface area contributed by atoms with Gasteiger partial charge in [-0.05, 0) is 13.8 Å². The fraction of sp³-hybridized carbons (Fsp3) is 0.500. The van der Waals surface area contributed by atoms with Gasteiger partial charge in [0, 0.05) is 26.6 Å². The minimum absolute atomic E-state index is 0.0191. The first kappa shape index (κ1) is 18.0. The highest BCUT2D eigenvalue weighted by Crippen LogP contribution is 2.33. The highest BCUT2D eigenvalue weighted by molar-refractivity contribution is 5.57. The Balaban J connectivity index is 2.25. The second-order valence-electron chi connectivity index (χ2n) is 5.24. The average Bonchev–Trinajstić information content (AvgIpc) is 2.87. The van der Waals surface area contributed by atoms with Crippen LogP contribution in [0.5, 0.6) is 0 Å². The third kappa shape index (κ3) is 3.94. The van der Waals surface area contributed by atoms with Gasteiger partial charge >= 0.3 is 6.18 Å². The van der Waals surface area contributed by atoms with Gasteiger partial charge in [-0.3, -0.25) is 4.68 Å². The maximum atomic E-state index is 12.9. The summed E-state index contributed by atoms with van der Waals surface area (Å²) in [5.41, 5.74) is 0.365. The summed E-state index contributed by atoms with van der Waals surface area (Å²) >= 11 is 0. The number of hydrogen-bond acceptors (Lipinski definition) is 6. The van der Waals surface area contributed by atoms with Gasteiger partial charge in [0.2, 0.25) is 5.95 Å². The van der Waals surface area contributed by atoms with E-state index in [1.54, 1.807) is 24.9 Å². The third-order valence-electron chi connectivity index (χ3n) is 3.35. The molecule has 7 nitrogen and oxygen atoms in total. The average molecular weight is 344 g/mol. The largest absolute Gasteiger partial charge is 0.421 e. The summed E-state index contributed by atoms with van der Waals surface area (Å²) < 4.78 is 45.4. The molecule has 2 aromatic heterocycles. The van der Waals surface area contributed by atoms with Crippen molar-refractivity contribution in [3.8, 4) is 0 Å². The molecule has 2 aromatic rings. The first-order valence-corrected chi connectivity index (χ1v) is 7.20. The van der Waals surface area contributed by atoms with Crippen molar-refractivity contribution in [2.75, 3.05) is 31.4 Å². The van der Waals surface area contributed by atoms with E-state index < -0.39 is 11.7 Å². The molecular formula is C14H19F3N6O. The fourth-order valence-electron chi connectivity index (χ4n) is 2.11. The first-order valence-electron chi connectivity index (χ1n) is 7.20. The highest BCUT2D eigenvalue weighted by Gasteiger charge is 2.35. The van der Waals surface area contributed by atoms with Gasteiger partial charge in [0.25, 0.3) is 0 Å². The van der Waals surface area contributed by atoms with E-state index in [1.807, 2.05) is 6.92 Å². The molecule has 0 aliphatic rings. The summed E-state index contributed by atoms with van der Waals surface area (Å²) in [5.74, 6) is -0.243. The van der Waals surface area contributed by atoms with E-state index in [0.29, 0.717) is 18.0 Å². The van der Waals surface area contributed by atoms with Gasteiger partial charge in [-0.15, -0.1) is 0 Å². The van der Waals surface area contributed by atoms with E-state index in [1.165, 1.54) is 7.05 Å². The highest BCUT2D eigenvalue weighted by atomic mass is 19.4. The van der Waals surface area contributed by atoms with Gasteiger partial charge in [-0.1, -0.05) is 0 Å². The van der Waals surface area contributed by atoms with Gasteiger partial charge < -0.3 is 15.4 Å². The molecule has 0 aliphatic heterocycles. The van der Waals surface area contributed by atoms with E-state index in [9.17, 15) is 13.2 Å². The zero-order valence-electron chi connectivity index (χ0n) is 13.8. The van der Waals surface area contributed by atoms with Crippen molar-refractivity contribution in [2.45, 2.75) is 26.1 Å². The van der Waals surface area contributed by atoms with Gasteiger partial charge in [0.05, 0.1) is 24.0 Å². The van der Waals surface area contributed by atoms with E-state index >= 15 is 0 Å². The van der Waals surface area contributed by atoms with Crippen molar-refractivity contribution in [1.82, 2.24) is 19.7 Å². The Kier molecular flexibility index (Phi) is 5.27. The number of ether oxygens (including phenoxy) is 1. The predicted molar refractivity (Wildman–Crippen MR) is 83.4 cm³/mol. The van der Waals surface area contributed by atoms with Gasteiger partial charge in [0.15, 0.2) is 0 Å². The molecule has 0 saturated carbocycles. The van der Waals surface area contributed by atoms with Crippen LogP contribution >= 0.6 is 0 Å². The molecule has 2 heterocycles. The number of aryl methyl sites for hydroxylation is 1. The van der Waals surface area contributed by atoms with Crippen LogP contribution in [-0.4, -0.2) is 40.5 Å². The SMILES string of the molecule is CNc1nc(Nc2cn(C(C)COC)nc2C)ncc1C(F)(F)F. The Morgan fingerprint density at radius 1 is 1.38 bits per heavy atom. The second kappa shape index (κ2) is 7.04. The van der Waals surface area contributed by atoms with E-state index in [4.69, 9.17) is 4.74 Å². The first-order chi connectivity index (χ1) is 11.3. The maximum Gasteiger partial charge on any atom is 0.421 e. The lowest BCUT2D eigenvalue weighted by atomic mass is 10.3. The molecular weight excluding hydrogens is 325 g/mol. The molecule has 132 valence electrons. The number of halogens is 3. The van der Waals surface area contributed by atoms with Gasteiger partial charge in [-0.25, -0.2) is 4.98 Å². The van der Waals surface area contributed by atoms with Crippen molar-refractivity contribution in [3.05, 3.63) is 23.7 Å². The lowest BCUT2D eigenvalue weighted by Gasteiger charge is -2.12. The standard InChI is InChI=1S/C14H19F3N6O/c1-8(7-24-4)23-6-11(9(2)22-23)20-13-19-5-10(14(15,16)17)12(18-3)21-13/h5-6,8H,7H2,1-4H3,(H2,18,19,20,21). The van der Waals surface area contributed by atoms with Crippen LogP contribution < -0.4 is 10.6 Å². The molecule has 1 atom stereocenters. The molecule has 0 bridgehead atoms. The van der Waals surface area contributed by atoms with Crippen molar-refractivity contribution in [1.29, 1.82) is 0 Å². The summed E-state index contributed by atoms with van der Waals surface area (Å²) in [4.78, 5) is 7.61. The summed E-state index contributed by atoms with van der Waals surface area (Å²) in [7, 11) is 2.97. The lowest BCUT2D eigenvalue weighted by molar-refractivity contribution is -0.137. The summed E-state index contributed by atoms with van der Waals surface area (Å²) in [5, 5.41) is 9.67. The van der Waals surface area contributed by atoms with Crippen molar-refractivity contribution in [2.24, 2.45) is 0 Å². The quantitative estimate of drug-likeness (QED) is 0.839. The van der Waals surface area contributed by atoms with Crippen LogP contribution in [0.2, 0.25) is 0 Å². The van der Waals surface area contributed by atoms with E-state index in [0.717, 1.165) is 6.20 Å². The van der Waals surface area contributed by atoms with Crippen LogP contribution in [0.15, 0.2) is 12.4 Å². The van der Waals surface area contributed by atoms with Crippen molar-refractivity contribution >= 4 is 17.5 Å². The normalized spacial score (nSPS) is 13.0. The van der Waals surface area contributed by atoms with E-state index in [2.05, 4.69) is 25.7 Å². The van der Waals surface area contributed by atoms with Crippen LogP contribution in [0.1, 0.15) is 24.2 Å². The fourth-order valence-corrected chi connectivity index (χ4v) is 2.11. The number of aromatic nitrogens is 4. The Hall–Kier alpha value is -2.36. The minimum Gasteiger partial charge on any atom is -0.382 e. The molecule has 0 saturated heterocycles. The van der Waals surface area contributed by atoms with E-state index in [-0.39, 0.29) is 17.8 Å². The maximum absolute atomic E-state index is 12.9. The topological polar surface area (TPSA) is 76.9 Å². The Morgan fingerprint density at radius 3 is 2.67 bits per heavy atom. The minimum atomic E-state index is -4.52.